The number of benzene rings is 2. The van der Waals surface area contributed by atoms with Crippen molar-refractivity contribution >= 4 is 17.4 Å². The van der Waals surface area contributed by atoms with Crippen molar-refractivity contribution in [2.45, 2.75) is 33.4 Å². The van der Waals surface area contributed by atoms with Crippen molar-refractivity contribution in [1.82, 2.24) is 0 Å². The Morgan fingerprint density at radius 3 is 2.42 bits per heavy atom. The van der Waals surface area contributed by atoms with Gasteiger partial charge < -0.3 is 10.2 Å². The summed E-state index contributed by atoms with van der Waals surface area (Å²) in [5.74, 6) is -0.0680. The van der Waals surface area contributed by atoms with E-state index in [0.29, 0.717) is 11.3 Å². The minimum absolute atomic E-state index is 0.0127. The highest BCUT2D eigenvalue weighted by Crippen LogP contribution is 2.11. The number of rotatable bonds is 6. The van der Waals surface area contributed by atoms with Crippen LogP contribution in [0.1, 0.15) is 35.3 Å². The molecule has 1 amide bonds. The van der Waals surface area contributed by atoms with E-state index in [1.807, 2.05) is 14.0 Å². The lowest BCUT2D eigenvalue weighted by Gasteiger charge is -2.21. The predicted octanol–water partition coefficient (Wildman–Crippen LogP) is 2.24. The molecule has 2 atom stereocenters. The Kier molecular flexibility index (Phi) is 5.88. The molecule has 0 saturated heterocycles. The van der Waals surface area contributed by atoms with Gasteiger partial charge in [0.05, 0.1) is 7.05 Å². The average Bonchev–Trinajstić information content (AvgIpc) is 2.56. The highest BCUT2D eigenvalue weighted by atomic mass is 16.2. The second-order valence-electron chi connectivity index (χ2n) is 6.36. The lowest BCUT2D eigenvalue weighted by Crippen LogP contribution is -3.12. The molecular weight excluding hydrogens is 300 g/mol. The van der Waals surface area contributed by atoms with Gasteiger partial charge in [0.1, 0.15) is 6.54 Å². The molecule has 0 fully saturated rings. The van der Waals surface area contributed by atoms with Crippen LogP contribution in [0.3, 0.4) is 0 Å². The molecule has 0 aliphatic heterocycles. The molecule has 0 aliphatic carbocycles. The van der Waals surface area contributed by atoms with Crippen molar-refractivity contribution < 1.29 is 14.5 Å². The van der Waals surface area contributed by atoms with Crippen molar-refractivity contribution in [3.63, 3.8) is 0 Å². The highest BCUT2D eigenvalue weighted by molar-refractivity contribution is 5.97. The number of hydrogen-bond donors (Lipinski definition) is 2. The van der Waals surface area contributed by atoms with Crippen LogP contribution in [0.25, 0.3) is 0 Å². The van der Waals surface area contributed by atoms with E-state index >= 15 is 0 Å². The highest BCUT2D eigenvalue weighted by Gasteiger charge is 2.22. The maximum Gasteiger partial charge on any atom is 0.282 e. The lowest BCUT2D eigenvalue weighted by molar-refractivity contribution is -0.907. The zero-order valence-electron chi connectivity index (χ0n) is 14.7. The Morgan fingerprint density at radius 1 is 1.12 bits per heavy atom. The van der Waals surface area contributed by atoms with Crippen molar-refractivity contribution in [3.8, 4) is 0 Å². The third-order valence-electron chi connectivity index (χ3n) is 4.27. The molecule has 4 heteroatoms. The van der Waals surface area contributed by atoms with E-state index in [2.05, 4.69) is 36.5 Å². The van der Waals surface area contributed by atoms with Crippen LogP contribution < -0.4 is 10.2 Å². The summed E-state index contributed by atoms with van der Waals surface area (Å²) in [6.45, 7) is 6.27. The van der Waals surface area contributed by atoms with Gasteiger partial charge in [-0.15, -0.1) is 0 Å². The molecule has 0 bridgehead atoms. The zero-order valence-corrected chi connectivity index (χ0v) is 14.7. The molecule has 2 N–H and O–H groups in total. The van der Waals surface area contributed by atoms with Crippen LogP contribution in [-0.4, -0.2) is 24.8 Å². The number of carbonyl (C=O) groups is 2. The van der Waals surface area contributed by atoms with E-state index in [4.69, 9.17) is 0 Å². The minimum atomic E-state index is -0.202. The van der Waals surface area contributed by atoms with Gasteiger partial charge in [-0.1, -0.05) is 42.0 Å². The number of hydrogen-bond acceptors (Lipinski definition) is 2. The number of nitrogens with one attached hydrogen (secondary N) is 2. The smallest absolute Gasteiger partial charge is 0.282 e. The van der Waals surface area contributed by atoms with E-state index in [0.717, 1.165) is 11.4 Å². The third kappa shape index (κ3) is 4.77. The van der Waals surface area contributed by atoms with Crippen LogP contribution >= 0.6 is 0 Å². The summed E-state index contributed by atoms with van der Waals surface area (Å²) in [6.07, 6.45) is 0. The first-order valence-electron chi connectivity index (χ1n) is 8.16. The Labute approximate surface area is 143 Å². The van der Waals surface area contributed by atoms with E-state index in [1.54, 1.807) is 24.3 Å². The molecule has 0 radical (unpaired) electrons. The molecule has 2 aromatic rings. The summed E-state index contributed by atoms with van der Waals surface area (Å²) >= 11 is 0. The zero-order chi connectivity index (χ0) is 17.7. The molecule has 2 rings (SSSR count). The van der Waals surface area contributed by atoms with Gasteiger partial charge in [-0.3, -0.25) is 9.59 Å². The third-order valence-corrected chi connectivity index (χ3v) is 4.27. The first-order valence-corrected chi connectivity index (χ1v) is 8.16. The first kappa shape index (κ1) is 17.9. The molecule has 0 saturated carbocycles. The van der Waals surface area contributed by atoms with E-state index in [1.165, 1.54) is 18.1 Å². The van der Waals surface area contributed by atoms with Gasteiger partial charge >= 0.3 is 0 Å². The van der Waals surface area contributed by atoms with Crippen molar-refractivity contribution in [3.05, 3.63) is 65.2 Å². The number of aryl methyl sites for hydroxylation is 1. The fourth-order valence-corrected chi connectivity index (χ4v) is 2.47. The predicted molar refractivity (Wildman–Crippen MR) is 96.3 cm³/mol. The summed E-state index contributed by atoms with van der Waals surface area (Å²) in [6, 6.07) is 15.2. The molecule has 0 aliphatic rings. The van der Waals surface area contributed by atoms with Gasteiger partial charge in [0.2, 0.25) is 0 Å². The van der Waals surface area contributed by atoms with Gasteiger partial charge in [-0.2, -0.15) is 0 Å². The number of carbonyl (C=O) groups excluding carboxylic acids is 2. The molecule has 4 nitrogen and oxygen atoms in total. The number of Topliss-reactive ketones (excluding diaryl/α,β-unsaturated/α-hetero) is 1. The Morgan fingerprint density at radius 2 is 1.79 bits per heavy atom. The van der Waals surface area contributed by atoms with Gasteiger partial charge in [0.15, 0.2) is 11.8 Å². The number of amides is 1. The normalized spacial score (nSPS) is 13.2. The van der Waals surface area contributed by atoms with Gasteiger partial charge in [0.25, 0.3) is 5.91 Å². The molecular formula is C20H25N2O2+. The maximum atomic E-state index is 12.5. The number of anilines is 1. The quantitative estimate of drug-likeness (QED) is 0.800. The van der Waals surface area contributed by atoms with Crippen LogP contribution in [-0.2, 0) is 11.3 Å². The summed E-state index contributed by atoms with van der Waals surface area (Å²) < 4.78 is 0. The SMILES string of the molecule is CC(=O)c1cccc(NC(=O)[C@H](C)[NH+](C)Cc2ccc(C)cc2)c1. The van der Waals surface area contributed by atoms with E-state index in [-0.39, 0.29) is 17.7 Å². The number of likely N-dealkylation sites (N-methyl/N-ethyl adjacent to an activating group) is 1. The summed E-state index contributed by atoms with van der Waals surface area (Å²) in [4.78, 5) is 25.0. The van der Waals surface area contributed by atoms with Crippen LogP contribution in [0, 0.1) is 6.92 Å². The van der Waals surface area contributed by atoms with Gasteiger partial charge in [-0.25, -0.2) is 0 Å². The molecule has 0 aromatic heterocycles. The molecule has 126 valence electrons. The minimum Gasteiger partial charge on any atom is -0.324 e. The lowest BCUT2D eigenvalue weighted by atomic mass is 10.1. The summed E-state index contributed by atoms with van der Waals surface area (Å²) in [5.41, 5.74) is 3.69. The van der Waals surface area contributed by atoms with E-state index in [9.17, 15) is 9.59 Å². The largest absolute Gasteiger partial charge is 0.324 e. The standard InChI is InChI=1S/C20H24N2O2/c1-14-8-10-17(11-9-14)13-22(4)15(2)20(24)21-19-7-5-6-18(12-19)16(3)23/h5-12,15H,13H2,1-4H3,(H,21,24)/p+1/t15-/m0/s1. The van der Waals surface area contributed by atoms with Crippen molar-refractivity contribution in [1.29, 1.82) is 0 Å². The van der Waals surface area contributed by atoms with Crippen molar-refractivity contribution in [2.24, 2.45) is 0 Å². The van der Waals surface area contributed by atoms with Crippen molar-refractivity contribution in [2.75, 3.05) is 12.4 Å². The molecule has 24 heavy (non-hydrogen) atoms. The van der Waals surface area contributed by atoms with Crippen LogP contribution in [0.5, 0.6) is 0 Å². The topological polar surface area (TPSA) is 50.6 Å². The average molecular weight is 325 g/mol. The maximum absolute atomic E-state index is 12.5. The van der Waals surface area contributed by atoms with Gasteiger partial charge in [-0.05, 0) is 32.9 Å². The molecule has 0 heterocycles. The van der Waals surface area contributed by atoms with E-state index < -0.39 is 0 Å². The second kappa shape index (κ2) is 7.88. The Hall–Kier alpha value is -2.46. The second-order valence-corrected chi connectivity index (χ2v) is 6.36. The summed E-state index contributed by atoms with van der Waals surface area (Å²) in [7, 11) is 2.01. The van der Waals surface area contributed by atoms with Crippen LogP contribution in [0.15, 0.2) is 48.5 Å². The fraction of sp³-hybridized carbons (Fsp3) is 0.300. The fourth-order valence-electron chi connectivity index (χ4n) is 2.47. The first-order chi connectivity index (χ1) is 11.4. The van der Waals surface area contributed by atoms with Gasteiger partial charge in [0, 0.05) is 16.8 Å². The number of ketones is 1. The molecule has 1 unspecified atom stereocenters. The van der Waals surface area contributed by atoms with Crippen LogP contribution in [0.4, 0.5) is 5.69 Å². The molecule has 0 spiro atoms. The Bertz CT molecular complexity index is 723. The number of quaternary nitrogens is 1. The summed E-state index contributed by atoms with van der Waals surface area (Å²) in [5, 5.41) is 2.90. The van der Waals surface area contributed by atoms with Crippen LogP contribution in [0.2, 0.25) is 0 Å². The molecule has 2 aromatic carbocycles. The monoisotopic (exact) mass is 325 g/mol. The Balaban J connectivity index is 1.99.